The molecule has 0 fully saturated rings. The lowest BCUT2D eigenvalue weighted by atomic mass is 9.96. The largest absolute Gasteiger partial charge is 0.366 e. The van der Waals surface area contributed by atoms with Crippen LogP contribution < -0.4 is 0 Å². The summed E-state index contributed by atoms with van der Waals surface area (Å²) in [6.45, 7) is 8.06. The van der Waals surface area contributed by atoms with Gasteiger partial charge in [-0.3, -0.25) is 4.79 Å². The first kappa shape index (κ1) is 11.9. The summed E-state index contributed by atoms with van der Waals surface area (Å²) in [6.07, 6.45) is -0.406. The predicted molar refractivity (Wildman–Crippen MR) is 61.0 cm³/mol. The molecule has 82 valence electrons. The van der Waals surface area contributed by atoms with Crippen LogP contribution in [-0.2, 0) is 9.53 Å². The number of carbonyl (C=O) groups excluding carboxylic acids is 1. The van der Waals surface area contributed by atoms with Gasteiger partial charge in [0.15, 0.2) is 5.78 Å². The molecule has 1 aromatic rings. The number of aryl methyl sites for hydroxylation is 2. The van der Waals surface area contributed by atoms with Crippen molar-refractivity contribution in [2.45, 2.75) is 33.8 Å². The Hall–Kier alpha value is -1.15. The van der Waals surface area contributed by atoms with Crippen molar-refractivity contribution >= 4 is 5.78 Å². The van der Waals surface area contributed by atoms with Gasteiger partial charge in [-0.05, 0) is 44.4 Å². The molecule has 0 aromatic heterocycles. The molecule has 2 nitrogen and oxygen atoms in total. The predicted octanol–water partition coefficient (Wildman–Crippen LogP) is 2.97. The number of ether oxygens (including phenoxy) is 1. The van der Waals surface area contributed by atoms with Crippen molar-refractivity contribution in [1.82, 2.24) is 0 Å². The number of benzene rings is 1. The molecule has 1 aromatic carbocycles. The van der Waals surface area contributed by atoms with Crippen molar-refractivity contribution in [2.24, 2.45) is 0 Å². The zero-order valence-corrected chi connectivity index (χ0v) is 9.83. The van der Waals surface area contributed by atoms with E-state index in [0.29, 0.717) is 6.61 Å². The van der Waals surface area contributed by atoms with Gasteiger partial charge in [0.05, 0.1) is 0 Å². The summed E-state index contributed by atoms with van der Waals surface area (Å²) in [5, 5.41) is 0. The van der Waals surface area contributed by atoms with Gasteiger partial charge in [-0.15, -0.1) is 0 Å². The smallest absolute Gasteiger partial charge is 0.163 e. The van der Waals surface area contributed by atoms with Crippen molar-refractivity contribution < 1.29 is 9.53 Å². The van der Waals surface area contributed by atoms with Crippen molar-refractivity contribution in [1.29, 1.82) is 0 Å². The number of Topliss-reactive ketones (excluding diaryl/α,β-unsaturated/α-hetero) is 1. The first-order chi connectivity index (χ1) is 7.07. The van der Waals surface area contributed by atoms with E-state index in [-0.39, 0.29) is 5.78 Å². The van der Waals surface area contributed by atoms with Gasteiger partial charge in [-0.1, -0.05) is 18.2 Å². The second-order valence-corrected chi connectivity index (χ2v) is 3.75. The molecule has 0 spiro atoms. The number of ketones is 1. The number of carbonyl (C=O) groups is 1. The number of hydrogen-bond acceptors (Lipinski definition) is 2. The highest BCUT2D eigenvalue weighted by Gasteiger charge is 2.20. The van der Waals surface area contributed by atoms with Gasteiger partial charge < -0.3 is 4.74 Å². The molecule has 0 radical (unpaired) electrons. The molecule has 0 aliphatic rings. The maximum atomic E-state index is 11.5. The fourth-order valence-electron chi connectivity index (χ4n) is 1.81. The molecular formula is C13H18O2. The van der Waals surface area contributed by atoms with E-state index in [1.807, 2.05) is 39.0 Å². The SMILES string of the molecule is CCOC(C(C)=O)c1c(C)cccc1C. The Bertz CT molecular complexity index is 335. The van der Waals surface area contributed by atoms with Crippen LogP contribution in [0.4, 0.5) is 0 Å². The zero-order chi connectivity index (χ0) is 11.4. The highest BCUT2D eigenvalue weighted by molar-refractivity contribution is 5.82. The fourth-order valence-corrected chi connectivity index (χ4v) is 1.81. The molecule has 0 aliphatic carbocycles. The van der Waals surface area contributed by atoms with E-state index in [4.69, 9.17) is 4.74 Å². The van der Waals surface area contributed by atoms with Crippen molar-refractivity contribution in [2.75, 3.05) is 6.61 Å². The molecule has 0 N–H and O–H groups in total. The lowest BCUT2D eigenvalue weighted by molar-refractivity contribution is -0.128. The molecule has 15 heavy (non-hydrogen) atoms. The van der Waals surface area contributed by atoms with E-state index in [1.54, 1.807) is 6.92 Å². The van der Waals surface area contributed by atoms with Gasteiger partial charge in [0.25, 0.3) is 0 Å². The van der Waals surface area contributed by atoms with Crippen molar-refractivity contribution in [3.63, 3.8) is 0 Å². The highest BCUT2D eigenvalue weighted by atomic mass is 16.5. The molecule has 0 aliphatic heterocycles. The zero-order valence-electron chi connectivity index (χ0n) is 9.83. The van der Waals surface area contributed by atoms with E-state index in [0.717, 1.165) is 16.7 Å². The first-order valence-electron chi connectivity index (χ1n) is 5.26. The van der Waals surface area contributed by atoms with Crippen LogP contribution in [0.15, 0.2) is 18.2 Å². The number of hydrogen-bond donors (Lipinski definition) is 0. The molecule has 0 amide bonds. The Morgan fingerprint density at radius 2 is 1.87 bits per heavy atom. The third-order valence-electron chi connectivity index (χ3n) is 2.51. The Morgan fingerprint density at radius 1 is 1.33 bits per heavy atom. The second-order valence-electron chi connectivity index (χ2n) is 3.75. The lowest BCUT2D eigenvalue weighted by Crippen LogP contribution is -2.15. The third-order valence-corrected chi connectivity index (χ3v) is 2.51. The van der Waals surface area contributed by atoms with Crippen LogP contribution in [0.25, 0.3) is 0 Å². The molecule has 0 heterocycles. The lowest BCUT2D eigenvalue weighted by Gasteiger charge is -2.18. The summed E-state index contributed by atoms with van der Waals surface area (Å²) in [6, 6.07) is 6.02. The monoisotopic (exact) mass is 206 g/mol. The molecule has 0 saturated carbocycles. The molecule has 0 saturated heterocycles. The van der Waals surface area contributed by atoms with Gasteiger partial charge >= 0.3 is 0 Å². The van der Waals surface area contributed by atoms with Gasteiger partial charge in [0, 0.05) is 6.61 Å². The molecular weight excluding hydrogens is 188 g/mol. The Labute approximate surface area is 91.3 Å². The standard InChI is InChI=1S/C13H18O2/c1-5-15-13(11(4)14)12-9(2)7-6-8-10(12)3/h6-8,13H,5H2,1-4H3. The minimum Gasteiger partial charge on any atom is -0.366 e. The first-order valence-corrected chi connectivity index (χ1v) is 5.26. The van der Waals surface area contributed by atoms with Crippen LogP contribution in [0.5, 0.6) is 0 Å². The summed E-state index contributed by atoms with van der Waals surface area (Å²) < 4.78 is 5.50. The summed E-state index contributed by atoms with van der Waals surface area (Å²) in [7, 11) is 0. The van der Waals surface area contributed by atoms with Crippen LogP contribution in [0.3, 0.4) is 0 Å². The second kappa shape index (κ2) is 5.08. The van der Waals surface area contributed by atoms with Gasteiger partial charge in [0.1, 0.15) is 6.10 Å². The van der Waals surface area contributed by atoms with Crippen LogP contribution in [-0.4, -0.2) is 12.4 Å². The quantitative estimate of drug-likeness (QED) is 0.757. The summed E-state index contributed by atoms with van der Waals surface area (Å²) >= 11 is 0. The van der Waals surface area contributed by atoms with Crippen LogP contribution in [0.2, 0.25) is 0 Å². The Morgan fingerprint density at radius 3 is 2.27 bits per heavy atom. The molecule has 1 atom stereocenters. The van der Waals surface area contributed by atoms with Crippen molar-refractivity contribution in [3.8, 4) is 0 Å². The molecule has 0 bridgehead atoms. The van der Waals surface area contributed by atoms with Crippen LogP contribution in [0.1, 0.15) is 36.6 Å². The molecule has 2 heteroatoms. The summed E-state index contributed by atoms with van der Waals surface area (Å²) in [4.78, 5) is 11.5. The third kappa shape index (κ3) is 2.66. The van der Waals surface area contributed by atoms with E-state index in [2.05, 4.69) is 0 Å². The summed E-state index contributed by atoms with van der Waals surface area (Å²) in [5.74, 6) is 0.0641. The Balaban J connectivity index is 3.15. The van der Waals surface area contributed by atoms with E-state index < -0.39 is 6.10 Å². The summed E-state index contributed by atoms with van der Waals surface area (Å²) in [5.41, 5.74) is 3.25. The van der Waals surface area contributed by atoms with E-state index in [1.165, 1.54) is 0 Å². The van der Waals surface area contributed by atoms with Crippen LogP contribution >= 0.6 is 0 Å². The fraction of sp³-hybridized carbons (Fsp3) is 0.462. The van der Waals surface area contributed by atoms with Gasteiger partial charge in [0.2, 0.25) is 0 Å². The minimum absolute atomic E-state index is 0.0641. The van der Waals surface area contributed by atoms with Gasteiger partial charge in [-0.25, -0.2) is 0 Å². The molecule has 1 unspecified atom stereocenters. The number of rotatable bonds is 4. The maximum absolute atomic E-state index is 11.5. The van der Waals surface area contributed by atoms with Crippen molar-refractivity contribution in [3.05, 3.63) is 34.9 Å². The minimum atomic E-state index is -0.406. The van der Waals surface area contributed by atoms with Crippen LogP contribution in [0, 0.1) is 13.8 Å². The van der Waals surface area contributed by atoms with E-state index >= 15 is 0 Å². The normalized spacial score (nSPS) is 12.5. The highest BCUT2D eigenvalue weighted by Crippen LogP contribution is 2.25. The van der Waals surface area contributed by atoms with Gasteiger partial charge in [-0.2, -0.15) is 0 Å². The molecule has 1 rings (SSSR count). The average molecular weight is 206 g/mol. The maximum Gasteiger partial charge on any atom is 0.163 e. The Kier molecular flexibility index (Phi) is 4.04. The topological polar surface area (TPSA) is 26.3 Å². The van der Waals surface area contributed by atoms with E-state index in [9.17, 15) is 4.79 Å². The average Bonchev–Trinajstić information content (AvgIpc) is 2.15.